The van der Waals surface area contributed by atoms with Crippen molar-refractivity contribution in [3.8, 4) is 5.75 Å². The summed E-state index contributed by atoms with van der Waals surface area (Å²) in [5.74, 6) is -2.10. The van der Waals surface area contributed by atoms with E-state index in [9.17, 15) is 14.4 Å². The number of ether oxygens (including phenoxy) is 1. The van der Waals surface area contributed by atoms with Gasteiger partial charge in [-0.3, -0.25) is 14.4 Å². The summed E-state index contributed by atoms with van der Waals surface area (Å²) in [6, 6.07) is 15.0. The second-order valence-electron chi connectivity index (χ2n) is 7.59. The van der Waals surface area contributed by atoms with Crippen LogP contribution in [-0.2, 0) is 14.4 Å². The third kappa shape index (κ3) is 7.45. The van der Waals surface area contributed by atoms with Crippen molar-refractivity contribution in [1.82, 2.24) is 5.43 Å². The largest absolute Gasteiger partial charge is 0.483 e. The average molecular weight is 548 g/mol. The molecule has 3 rings (SSSR count). The van der Waals surface area contributed by atoms with Gasteiger partial charge in [0.05, 0.1) is 21.9 Å². The van der Waals surface area contributed by atoms with Gasteiger partial charge in [-0.25, -0.2) is 5.43 Å². The van der Waals surface area contributed by atoms with Crippen LogP contribution in [0.1, 0.15) is 16.7 Å². The molecule has 186 valence electrons. The molecule has 0 aliphatic heterocycles. The summed E-state index contributed by atoms with van der Waals surface area (Å²) in [7, 11) is 0. The normalized spacial score (nSPS) is 10.7. The number of hydrazone groups is 1. The van der Waals surface area contributed by atoms with Crippen molar-refractivity contribution in [2.75, 3.05) is 17.2 Å². The number of nitrogens with zero attached hydrogens (tertiary/aromatic N) is 1. The molecular weight excluding hydrogens is 527 g/mol. The first-order chi connectivity index (χ1) is 17.1. The van der Waals surface area contributed by atoms with Gasteiger partial charge in [-0.05, 0) is 55.8 Å². The number of anilines is 2. The van der Waals surface area contributed by atoms with Gasteiger partial charge in [-0.15, -0.1) is 0 Å². The molecule has 3 amide bonds. The molecule has 36 heavy (non-hydrogen) atoms. The summed E-state index contributed by atoms with van der Waals surface area (Å²) in [5.41, 5.74) is 5.36. The smallest absolute Gasteiger partial charge is 0.329 e. The van der Waals surface area contributed by atoms with Gasteiger partial charge < -0.3 is 15.4 Å². The fraction of sp³-hybridized carbons (Fsp3) is 0.120. The minimum atomic E-state index is -1.04. The molecule has 3 aromatic rings. The van der Waals surface area contributed by atoms with E-state index in [-0.39, 0.29) is 28.2 Å². The van der Waals surface area contributed by atoms with E-state index in [1.54, 1.807) is 24.3 Å². The maximum absolute atomic E-state index is 12.4. The van der Waals surface area contributed by atoms with Gasteiger partial charge in [0.15, 0.2) is 6.61 Å². The number of rotatable bonds is 7. The molecule has 0 saturated heterocycles. The molecule has 0 fully saturated rings. The van der Waals surface area contributed by atoms with Crippen molar-refractivity contribution >= 4 is 70.1 Å². The highest BCUT2D eigenvalue weighted by Gasteiger charge is 2.16. The molecule has 0 radical (unpaired) electrons. The minimum absolute atomic E-state index is 0.103. The summed E-state index contributed by atoms with van der Waals surface area (Å²) in [6.45, 7) is 3.59. The molecular formula is C25H21Cl3N4O4. The van der Waals surface area contributed by atoms with Gasteiger partial charge >= 0.3 is 11.8 Å². The number of benzene rings is 3. The molecule has 3 aromatic carbocycles. The summed E-state index contributed by atoms with van der Waals surface area (Å²) >= 11 is 18.0. The molecule has 8 nitrogen and oxygen atoms in total. The molecule has 0 aliphatic carbocycles. The monoisotopic (exact) mass is 546 g/mol. The summed E-state index contributed by atoms with van der Waals surface area (Å²) in [6.07, 6.45) is 1.24. The Balaban J connectivity index is 1.60. The third-order valence-electron chi connectivity index (χ3n) is 4.76. The number of carbonyl (C=O) groups is 3. The predicted octanol–water partition coefficient (Wildman–Crippen LogP) is 5.37. The second-order valence-corrected chi connectivity index (χ2v) is 8.81. The zero-order valence-electron chi connectivity index (χ0n) is 19.2. The average Bonchev–Trinajstić information content (AvgIpc) is 2.83. The molecule has 0 atom stereocenters. The number of halogens is 3. The van der Waals surface area contributed by atoms with Crippen molar-refractivity contribution in [3.63, 3.8) is 0 Å². The number of aryl methyl sites for hydroxylation is 2. The number of carbonyl (C=O) groups excluding carboxylic acids is 3. The van der Waals surface area contributed by atoms with Crippen LogP contribution < -0.4 is 20.8 Å². The van der Waals surface area contributed by atoms with Crippen LogP contribution in [-0.4, -0.2) is 30.5 Å². The fourth-order valence-electron chi connectivity index (χ4n) is 3.03. The highest BCUT2D eigenvalue weighted by Crippen LogP contribution is 2.29. The van der Waals surface area contributed by atoms with Gasteiger partial charge in [0.1, 0.15) is 5.75 Å². The Bertz CT molecular complexity index is 1340. The number of hydrogen-bond acceptors (Lipinski definition) is 5. The molecule has 11 heteroatoms. The zero-order valence-corrected chi connectivity index (χ0v) is 21.5. The standard InChI is InChI=1S/C25H21Cl3N4O4/c1-14-6-8-19(15(2)10-14)30-22(33)13-36-21-9-7-17(26)11-16(21)12-29-32-25(35)24(34)31-20-5-3-4-18(27)23(20)28/h3-12H,13H2,1-2H3,(H,30,33)(H,31,34)(H,32,35)/b29-12-. The van der Waals surface area contributed by atoms with E-state index in [2.05, 4.69) is 21.2 Å². The van der Waals surface area contributed by atoms with Crippen molar-refractivity contribution in [2.24, 2.45) is 5.10 Å². The van der Waals surface area contributed by atoms with Crippen molar-refractivity contribution < 1.29 is 19.1 Å². The fourth-order valence-corrected chi connectivity index (χ4v) is 3.55. The lowest BCUT2D eigenvalue weighted by molar-refractivity contribution is -0.136. The maximum atomic E-state index is 12.4. The summed E-state index contributed by atoms with van der Waals surface area (Å²) in [4.78, 5) is 36.6. The quantitative estimate of drug-likeness (QED) is 0.210. The van der Waals surface area contributed by atoms with E-state index in [0.717, 1.165) is 11.1 Å². The summed E-state index contributed by atoms with van der Waals surface area (Å²) < 4.78 is 5.62. The van der Waals surface area contributed by atoms with Crippen molar-refractivity contribution in [3.05, 3.63) is 86.4 Å². The number of hydrogen-bond donors (Lipinski definition) is 3. The highest BCUT2D eigenvalue weighted by atomic mass is 35.5. The van der Waals surface area contributed by atoms with E-state index in [1.807, 2.05) is 32.0 Å². The molecule has 0 aliphatic rings. The first-order valence-corrected chi connectivity index (χ1v) is 11.7. The minimum Gasteiger partial charge on any atom is -0.483 e. The molecule has 0 saturated carbocycles. The Morgan fingerprint density at radius 3 is 2.44 bits per heavy atom. The van der Waals surface area contributed by atoms with E-state index in [1.165, 1.54) is 18.3 Å². The Morgan fingerprint density at radius 1 is 0.917 bits per heavy atom. The van der Waals surface area contributed by atoms with Crippen LogP contribution in [0.25, 0.3) is 0 Å². The van der Waals surface area contributed by atoms with Crippen LogP contribution in [0, 0.1) is 13.8 Å². The van der Waals surface area contributed by atoms with E-state index >= 15 is 0 Å². The van der Waals surface area contributed by atoms with Gasteiger partial charge in [0, 0.05) is 16.3 Å². The Labute approximate surface area is 222 Å². The molecule has 0 heterocycles. The third-order valence-corrected chi connectivity index (χ3v) is 5.82. The molecule has 0 bridgehead atoms. The second kappa shape index (κ2) is 12.4. The van der Waals surface area contributed by atoms with Crippen molar-refractivity contribution in [1.29, 1.82) is 0 Å². The number of amides is 3. The molecule has 3 N–H and O–H groups in total. The lowest BCUT2D eigenvalue weighted by atomic mass is 10.1. The van der Waals surface area contributed by atoms with Crippen LogP contribution in [0.5, 0.6) is 5.75 Å². The van der Waals surface area contributed by atoms with Gasteiger partial charge in [0.2, 0.25) is 0 Å². The first-order valence-electron chi connectivity index (χ1n) is 10.5. The lowest BCUT2D eigenvalue weighted by Crippen LogP contribution is -2.32. The topological polar surface area (TPSA) is 109 Å². The highest BCUT2D eigenvalue weighted by molar-refractivity contribution is 6.45. The van der Waals surface area contributed by atoms with Crippen molar-refractivity contribution in [2.45, 2.75) is 13.8 Å². The Morgan fingerprint density at radius 2 is 1.69 bits per heavy atom. The molecule has 0 unspecified atom stereocenters. The van der Waals surface area contributed by atoms with E-state index in [0.29, 0.717) is 22.0 Å². The lowest BCUT2D eigenvalue weighted by Gasteiger charge is -2.12. The molecule has 0 aromatic heterocycles. The number of nitrogens with one attached hydrogen (secondary N) is 3. The van der Waals surface area contributed by atoms with Crippen LogP contribution in [0.2, 0.25) is 15.1 Å². The van der Waals surface area contributed by atoms with Gasteiger partial charge in [0.25, 0.3) is 5.91 Å². The Kier molecular flexibility index (Phi) is 9.30. The molecule has 0 spiro atoms. The van der Waals surface area contributed by atoms with Gasteiger partial charge in [-0.2, -0.15) is 5.10 Å². The van der Waals surface area contributed by atoms with Crippen LogP contribution >= 0.6 is 34.8 Å². The van der Waals surface area contributed by atoms with Crippen LogP contribution in [0.3, 0.4) is 0 Å². The van der Waals surface area contributed by atoms with E-state index < -0.39 is 11.8 Å². The van der Waals surface area contributed by atoms with E-state index in [4.69, 9.17) is 39.5 Å². The van der Waals surface area contributed by atoms with Crippen LogP contribution in [0.4, 0.5) is 11.4 Å². The first kappa shape index (κ1) is 27.0. The van der Waals surface area contributed by atoms with Crippen LogP contribution in [0.15, 0.2) is 59.7 Å². The Hall–Kier alpha value is -3.59. The zero-order chi connectivity index (χ0) is 26.2. The summed E-state index contributed by atoms with van der Waals surface area (Å²) in [5, 5.41) is 9.63. The predicted molar refractivity (Wildman–Crippen MR) is 142 cm³/mol. The van der Waals surface area contributed by atoms with Gasteiger partial charge in [-0.1, -0.05) is 58.6 Å². The maximum Gasteiger partial charge on any atom is 0.329 e. The SMILES string of the molecule is Cc1ccc(NC(=O)COc2ccc(Cl)cc2/C=N\NC(=O)C(=O)Nc2cccc(Cl)c2Cl)c(C)c1.